The molecule has 3 amide bonds. The number of carbonyl (C=O) groups is 3. The van der Waals surface area contributed by atoms with Crippen molar-refractivity contribution in [3.63, 3.8) is 0 Å². The molecule has 2 aliphatic rings. The van der Waals surface area contributed by atoms with Gasteiger partial charge in [-0.1, -0.05) is 36.0 Å². The predicted molar refractivity (Wildman–Crippen MR) is 143 cm³/mol. The summed E-state index contributed by atoms with van der Waals surface area (Å²) >= 11 is 1.13. The minimum atomic E-state index is -0.751. The summed E-state index contributed by atoms with van der Waals surface area (Å²) in [4.78, 5) is 48.9. The number of aryl methyl sites for hydroxylation is 1. The molecule has 194 valence electrons. The molecule has 3 N–H and O–H groups in total. The van der Waals surface area contributed by atoms with Crippen LogP contribution in [0.2, 0.25) is 0 Å². The maximum Gasteiger partial charge on any atom is 0.259 e. The van der Waals surface area contributed by atoms with Crippen molar-refractivity contribution in [3.05, 3.63) is 77.2 Å². The van der Waals surface area contributed by atoms with Gasteiger partial charge in [-0.15, -0.1) is 0 Å². The molecule has 3 aromatic rings. The number of H-pyrrole nitrogens is 1. The molecule has 1 aromatic heterocycles. The lowest BCUT2D eigenvalue weighted by atomic mass is 10.1. The lowest BCUT2D eigenvalue weighted by molar-refractivity contribution is -0.125. The van der Waals surface area contributed by atoms with Gasteiger partial charge in [0, 0.05) is 30.3 Å². The Bertz CT molecular complexity index is 1450. The molecule has 5 rings (SSSR count). The van der Waals surface area contributed by atoms with Crippen molar-refractivity contribution in [2.24, 2.45) is 9.98 Å². The molecule has 3 heterocycles. The van der Waals surface area contributed by atoms with Crippen LogP contribution in [-0.4, -0.2) is 55.6 Å². The number of fused-ring (bicyclic) bond motifs is 3. The smallest absolute Gasteiger partial charge is 0.259 e. The highest BCUT2D eigenvalue weighted by atomic mass is 32.2. The number of thioether (sulfide) groups is 1. The number of halogens is 1. The summed E-state index contributed by atoms with van der Waals surface area (Å²) in [5.74, 6) is -0.268. The minimum absolute atomic E-state index is 0.0143. The highest BCUT2D eigenvalue weighted by Crippen LogP contribution is 2.34. The normalized spacial score (nSPS) is 15.9. The van der Waals surface area contributed by atoms with Crippen molar-refractivity contribution in [2.75, 3.05) is 11.1 Å². The summed E-state index contributed by atoms with van der Waals surface area (Å²) in [5.41, 5.74) is 2.96. The van der Waals surface area contributed by atoms with Gasteiger partial charge in [-0.2, -0.15) is 5.10 Å². The first-order valence-electron chi connectivity index (χ1n) is 11.9. The first-order chi connectivity index (χ1) is 18.4. The maximum atomic E-state index is 13.4. The van der Waals surface area contributed by atoms with E-state index in [4.69, 9.17) is 0 Å². The highest BCUT2D eigenvalue weighted by molar-refractivity contribution is 8.14. The van der Waals surface area contributed by atoms with Crippen LogP contribution in [0.4, 0.5) is 15.9 Å². The number of hydrogen-bond donors (Lipinski definition) is 3. The maximum absolute atomic E-state index is 13.4. The second-order valence-electron chi connectivity index (χ2n) is 8.77. The first kappa shape index (κ1) is 25.3. The lowest BCUT2D eigenvalue weighted by Gasteiger charge is -2.25. The number of nitrogens with zero attached hydrogens (tertiary/aromatic N) is 4. The first-order valence-corrected chi connectivity index (χ1v) is 12.9. The predicted octanol–water partition coefficient (Wildman–Crippen LogP) is 3.28. The molecule has 0 saturated carbocycles. The van der Waals surface area contributed by atoms with E-state index in [1.807, 2.05) is 31.2 Å². The SMILES string of the molecule is Cc1cc(NC(=O)CSC2=Nc3ccccc3C3=N[C@@H](CCC(=O)NCc4ccc(F)cc4)C(=O)N23)n[nH]1. The molecule has 0 radical (unpaired) electrons. The zero-order valence-corrected chi connectivity index (χ0v) is 21.2. The Kier molecular flexibility index (Phi) is 7.31. The number of benzene rings is 2. The number of para-hydroxylation sites is 1. The number of amidine groups is 2. The third-order valence-electron chi connectivity index (χ3n) is 5.90. The molecule has 1 atom stereocenters. The van der Waals surface area contributed by atoms with Crippen LogP contribution >= 0.6 is 11.8 Å². The van der Waals surface area contributed by atoms with Crippen LogP contribution in [0.5, 0.6) is 0 Å². The fourth-order valence-corrected chi connectivity index (χ4v) is 4.84. The van der Waals surface area contributed by atoms with Crippen LogP contribution in [0, 0.1) is 12.7 Å². The van der Waals surface area contributed by atoms with Crippen LogP contribution in [0.25, 0.3) is 0 Å². The zero-order valence-electron chi connectivity index (χ0n) is 20.4. The van der Waals surface area contributed by atoms with Crippen molar-refractivity contribution in [1.29, 1.82) is 0 Å². The molecule has 38 heavy (non-hydrogen) atoms. The van der Waals surface area contributed by atoms with Crippen molar-refractivity contribution in [2.45, 2.75) is 32.4 Å². The molecule has 2 aliphatic heterocycles. The van der Waals surface area contributed by atoms with E-state index in [0.29, 0.717) is 28.1 Å². The molecule has 0 bridgehead atoms. The van der Waals surface area contributed by atoms with Gasteiger partial charge >= 0.3 is 0 Å². The van der Waals surface area contributed by atoms with Crippen molar-refractivity contribution in [1.82, 2.24) is 20.4 Å². The molecule has 0 aliphatic carbocycles. The van der Waals surface area contributed by atoms with Crippen molar-refractivity contribution in [3.8, 4) is 0 Å². The van der Waals surface area contributed by atoms with Crippen LogP contribution in [0.15, 0.2) is 64.6 Å². The molecule has 10 nitrogen and oxygen atoms in total. The van der Waals surface area contributed by atoms with Gasteiger partial charge in [0.2, 0.25) is 11.8 Å². The number of aliphatic imine (C=N–C) groups is 2. The number of hydrogen-bond acceptors (Lipinski definition) is 7. The number of carbonyl (C=O) groups excluding carboxylic acids is 3. The van der Waals surface area contributed by atoms with E-state index in [-0.39, 0.29) is 48.7 Å². The van der Waals surface area contributed by atoms with Crippen LogP contribution in [0.3, 0.4) is 0 Å². The largest absolute Gasteiger partial charge is 0.352 e. The summed E-state index contributed by atoms with van der Waals surface area (Å²) in [7, 11) is 0. The van der Waals surface area contributed by atoms with Gasteiger partial charge in [0.05, 0.1) is 11.4 Å². The molecule has 0 saturated heterocycles. The monoisotopic (exact) mass is 533 g/mol. The Morgan fingerprint density at radius 2 is 1.92 bits per heavy atom. The Morgan fingerprint density at radius 1 is 1.13 bits per heavy atom. The molecule has 0 unspecified atom stereocenters. The third kappa shape index (κ3) is 5.65. The second-order valence-corrected chi connectivity index (χ2v) is 9.71. The summed E-state index contributed by atoms with van der Waals surface area (Å²) < 4.78 is 13.1. The average Bonchev–Trinajstić information content (AvgIpc) is 3.48. The van der Waals surface area contributed by atoms with Crippen LogP contribution in [-0.2, 0) is 20.9 Å². The fraction of sp³-hybridized carbons (Fsp3) is 0.231. The van der Waals surface area contributed by atoms with Gasteiger partial charge < -0.3 is 10.6 Å². The number of amides is 3. The number of aromatic nitrogens is 2. The molecule has 12 heteroatoms. The van der Waals surface area contributed by atoms with Crippen molar-refractivity contribution < 1.29 is 18.8 Å². The standard InChI is InChI=1S/C26H24FN7O3S/c1-15-12-21(33-32-15)31-23(36)14-38-26-30-19-5-3-2-4-18(19)24-29-20(25(37)34(24)26)10-11-22(35)28-13-16-6-8-17(27)9-7-16/h2-9,12,20H,10-11,13-14H2,1H3,(H,28,35)(H2,31,32,33,36)/t20-/m0/s1. The molecule has 0 spiro atoms. The Hall–Kier alpha value is -4.32. The Morgan fingerprint density at radius 3 is 2.68 bits per heavy atom. The van der Waals surface area contributed by atoms with Crippen molar-refractivity contribution >= 4 is 52.0 Å². The van der Waals surface area contributed by atoms with E-state index in [1.165, 1.54) is 17.0 Å². The van der Waals surface area contributed by atoms with Gasteiger partial charge in [0.15, 0.2) is 11.0 Å². The van der Waals surface area contributed by atoms with E-state index in [9.17, 15) is 18.8 Å². The van der Waals surface area contributed by atoms with Crippen LogP contribution in [0.1, 0.15) is 29.7 Å². The average molecular weight is 534 g/mol. The van der Waals surface area contributed by atoms with E-state index in [1.54, 1.807) is 18.2 Å². The molecular formula is C26H24FN7O3S. The quantitative estimate of drug-likeness (QED) is 0.409. The number of aromatic amines is 1. The Labute approximate surface area is 221 Å². The van der Waals surface area contributed by atoms with Gasteiger partial charge in [-0.05, 0) is 43.2 Å². The molecule has 2 aromatic carbocycles. The Balaban J connectivity index is 1.23. The third-order valence-corrected chi connectivity index (χ3v) is 6.84. The van der Waals surface area contributed by atoms with Gasteiger partial charge in [-0.25, -0.2) is 14.3 Å². The van der Waals surface area contributed by atoms with E-state index in [0.717, 1.165) is 23.0 Å². The fourth-order valence-electron chi connectivity index (χ4n) is 4.04. The summed E-state index contributed by atoms with van der Waals surface area (Å²) in [6.45, 7) is 2.09. The topological polar surface area (TPSA) is 132 Å². The zero-order chi connectivity index (χ0) is 26.6. The molecule has 0 fully saturated rings. The number of rotatable bonds is 8. The summed E-state index contributed by atoms with van der Waals surface area (Å²) in [6, 6.07) is 14.2. The molecular weight excluding hydrogens is 509 g/mol. The van der Waals surface area contributed by atoms with E-state index >= 15 is 0 Å². The van der Waals surface area contributed by atoms with E-state index in [2.05, 4.69) is 30.8 Å². The summed E-state index contributed by atoms with van der Waals surface area (Å²) in [5, 5.41) is 12.6. The van der Waals surface area contributed by atoms with E-state index < -0.39 is 6.04 Å². The number of anilines is 1. The summed E-state index contributed by atoms with van der Waals surface area (Å²) in [6.07, 6.45) is 0.308. The highest BCUT2D eigenvalue weighted by Gasteiger charge is 2.41. The van der Waals surface area contributed by atoms with Gasteiger partial charge in [0.1, 0.15) is 17.7 Å². The second kappa shape index (κ2) is 11.0. The minimum Gasteiger partial charge on any atom is -0.352 e. The lowest BCUT2D eigenvalue weighted by Crippen LogP contribution is -2.41. The number of nitrogens with one attached hydrogen (secondary N) is 3. The van der Waals surface area contributed by atoms with Crippen LogP contribution < -0.4 is 10.6 Å². The van der Waals surface area contributed by atoms with Gasteiger partial charge in [0.25, 0.3) is 5.91 Å². The van der Waals surface area contributed by atoms with Gasteiger partial charge in [-0.3, -0.25) is 24.5 Å².